The van der Waals surface area contributed by atoms with Crippen molar-refractivity contribution >= 4 is 28.8 Å². The minimum atomic E-state index is -0.350. The number of carbonyl (C=O) groups excluding carboxylic acids is 1. The van der Waals surface area contributed by atoms with Gasteiger partial charge in [0.25, 0.3) is 0 Å². The van der Waals surface area contributed by atoms with Crippen LogP contribution in [0.25, 0.3) is 0 Å². The van der Waals surface area contributed by atoms with E-state index in [-0.39, 0.29) is 22.6 Å². The maximum Gasteiger partial charge on any atom is 0.222 e. The highest BCUT2D eigenvalue weighted by Gasteiger charge is 2.25. The Kier molecular flexibility index (Phi) is 4.54. The van der Waals surface area contributed by atoms with Crippen LogP contribution in [0.4, 0.5) is 10.1 Å². The molecule has 108 valence electrons. The molecular weight excluding hydrogens is 277 g/mol. The monoisotopic (exact) mass is 295 g/mol. The molecule has 0 unspecified atom stereocenters. The van der Waals surface area contributed by atoms with Crippen LogP contribution in [0.1, 0.15) is 18.4 Å². The van der Waals surface area contributed by atoms with E-state index < -0.39 is 0 Å². The Labute approximate surface area is 123 Å². The van der Waals surface area contributed by atoms with Gasteiger partial charge in [0.15, 0.2) is 0 Å². The topological polar surface area (TPSA) is 58.4 Å². The van der Waals surface area contributed by atoms with Crippen LogP contribution >= 0.6 is 12.2 Å². The maximum atomic E-state index is 13.3. The quantitative estimate of drug-likeness (QED) is 0.828. The highest BCUT2D eigenvalue weighted by atomic mass is 32.1. The first-order chi connectivity index (χ1) is 9.52. The van der Waals surface area contributed by atoms with Crippen LogP contribution in [0, 0.1) is 11.7 Å². The molecule has 4 nitrogen and oxygen atoms in total. The number of hydrogen-bond donors (Lipinski definition) is 2. The van der Waals surface area contributed by atoms with Crippen LogP contribution in [0.2, 0.25) is 0 Å². The normalized spacial score (nSPS) is 16.0. The first-order valence-corrected chi connectivity index (χ1v) is 6.99. The third-order valence-corrected chi connectivity index (χ3v) is 3.90. The van der Waals surface area contributed by atoms with Crippen molar-refractivity contribution in [1.82, 2.24) is 5.32 Å². The predicted molar refractivity (Wildman–Crippen MR) is 81.3 cm³/mol. The average Bonchev–Trinajstić information content (AvgIpc) is 2.46. The van der Waals surface area contributed by atoms with Crippen molar-refractivity contribution in [2.75, 3.05) is 25.0 Å². The summed E-state index contributed by atoms with van der Waals surface area (Å²) in [5.74, 6) is -0.222. The van der Waals surface area contributed by atoms with Gasteiger partial charge in [0, 0.05) is 37.3 Å². The Bertz CT molecular complexity index is 527. The number of carbonyl (C=O) groups is 1. The Hall–Kier alpha value is -1.69. The Morgan fingerprint density at radius 1 is 1.45 bits per heavy atom. The van der Waals surface area contributed by atoms with Gasteiger partial charge in [-0.2, -0.15) is 0 Å². The second-order valence-electron chi connectivity index (χ2n) is 4.90. The molecule has 1 amide bonds. The number of hydrogen-bond acceptors (Lipinski definition) is 3. The summed E-state index contributed by atoms with van der Waals surface area (Å²) in [6.45, 7) is 1.47. The molecule has 2 rings (SSSR count). The van der Waals surface area contributed by atoms with Crippen molar-refractivity contribution in [2.24, 2.45) is 11.7 Å². The fraction of sp³-hybridized carbons (Fsp3) is 0.429. The molecule has 3 N–H and O–H groups in total. The summed E-state index contributed by atoms with van der Waals surface area (Å²) < 4.78 is 13.3. The van der Waals surface area contributed by atoms with Crippen molar-refractivity contribution in [3.8, 4) is 0 Å². The molecule has 0 bridgehead atoms. The van der Waals surface area contributed by atoms with E-state index in [4.69, 9.17) is 18.0 Å². The van der Waals surface area contributed by atoms with Crippen molar-refractivity contribution in [3.05, 3.63) is 29.6 Å². The summed E-state index contributed by atoms with van der Waals surface area (Å²) in [4.78, 5) is 13.9. The van der Waals surface area contributed by atoms with Gasteiger partial charge in [0.2, 0.25) is 5.91 Å². The van der Waals surface area contributed by atoms with E-state index >= 15 is 0 Å². The van der Waals surface area contributed by atoms with Crippen LogP contribution in [0.3, 0.4) is 0 Å². The van der Waals surface area contributed by atoms with E-state index in [2.05, 4.69) is 10.2 Å². The molecular formula is C14H18FN3OS. The minimum Gasteiger partial charge on any atom is -0.389 e. The van der Waals surface area contributed by atoms with Crippen LogP contribution in [-0.4, -0.2) is 31.0 Å². The summed E-state index contributed by atoms with van der Waals surface area (Å²) in [6, 6.07) is 4.47. The fourth-order valence-electron chi connectivity index (χ4n) is 2.57. The third-order valence-electron chi connectivity index (χ3n) is 3.68. The SMILES string of the molecule is CNC(=O)C1CCN(c2ccc(F)cc2C(N)=S)CC1. The zero-order chi connectivity index (χ0) is 14.7. The van der Waals surface area contributed by atoms with Crippen molar-refractivity contribution < 1.29 is 9.18 Å². The van der Waals surface area contributed by atoms with E-state index in [1.807, 2.05) is 0 Å². The van der Waals surface area contributed by atoms with Crippen molar-refractivity contribution in [3.63, 3.8) is 0 Å². The molecule has 20 heavy (non-hydrogen) atoms. The summed E-state index contributed by atoms with van der Waals surface area (Å²) >= 11 is 4.98. The van der Waals surface area contributed by atoms with E-state index in [1.165, 1.54) is 12.1 Å². The van der Waals surface area contributed by atoms with Crippen molar-refractivity contribution in [1.29, 1.82) is 0 Å². The van der Waals surface area contributed by atoms with Gasteiger partial charge in [-0.3, -0.25) is 4.79 Å². The predicted octanol–water partition coefficient (Wildman–Crippen LogP) is 1.42. The van der Waals surface area contributed by atoms with E-state index in [0.29, 0.717) is 5.56 Å². The van der Waals surface area contributed by atoms with E-state index in [9.17, 15) is 9.18 Å². The smallest absolute Gasteiger partial charge is 0.222 e. The molecule has 1 aliphatic heterocycles. The molecule has 1 saturated heterocycles. The first-order valence-electron chi connectivity index (χ1n) is 6.59. The highest BCUT2D eigenvalue weighted by Crippen LogP contribution is 2.27. The Balaban J connectivity index is 2.15. The van der Waals surface area contributed by atoms with E-state index in [1.54, 1.807) is 13.1 Å². The van der Waals surface area contributed by atoms with Gasteiger partial charge in [0.05, 0.1) is 0 Å². The molecule has 0 atom stereocenters. The number of nitrogens with two attached hydrogens (primary N) is 1. The average molecular weight is 295 g/mol. The number of benzene rings is 1. The molecule has 1 aliphatic rings. The minimum absolute atomic E-state index is 0.0463. The lowest BCUT2D eigenvalue weighted by atomic mass is 9.95. The van der Waals surface area contributed by atoms with Crippen molar-refractivity contribution in [2.45, 2.75) is 12.8 Å². The van der Waals surface area contributed by atoms with Gasteiger partial charge in [-0.25, -0.2) is 4.39 Å². The van der Waals surface area contributed by atoms with Gasteiger partial charge in [0.1, 0.15) is 10.8 Å². The number of nitrogens with one attached hydrogen (secondary N) is 1. The lowest BCUT2D eigenvalue weighted by Crippen LogP contribution is -2.40. The van der Waals surface area contributed by atoms with Crippen LogP contribution in [-0.2, 0) is 4.79 Å². The number of halogens is 1. The summed E-state index contributed by atoms with van der Waals surface area (Å²) in [5.41, 5.74) is 7.06. The van der Waals surface area contributed by atoms with Gasteiger partial charge < -0.3 is 16.0 Å². The first kappa shape index (κ1) is 14.7. The van der Waals surface area contributed by atoms with Crippen LogP contribution in [0.5, 0.6) is 0 Å². The largest absolute Gasteiger partial charge is 0.389 e. The molecule has 0 radical (unpaired) electrons. The van der Waals surface area contributed by atoms with Crippen LogP contribution in [0.15, 0.2) is 18.2 Å². The number of anilines is 1. The second kappa shape index (κ2) is 6.17. The second-order valence-corrected chi connectivity index (χ2v) is 5.34. The zero-order valence-electron chi connectivity index (χ0n) is 11.4. The number of thiocarbonyl (C=S) groups is 1. The number of amides is 1. The van der Waals surface area contributed by atoms with Gasteiger partial charge >= 0.3 is 0 Å². The molecule has 0 aromatic heterocycles. The maximum absolute atomic E-state index is 13.3. The Morgan fingerprint density at radius 2 is 2.10 bits per heavy atom. The molecule has 0 aliphatic carbocycles. The standard InChI is InChI=1S/C14H18FN3OS/c1-17-14(19)9-4-6-18(7-5-9)12-3-2-10(15)8-11(12)13(16)20/h2-3,8-9H,4-7H2,1H3,(H2,16,20)(H,17,19). The van der Waals surface area contributed by atoms with Gasteiger partial charge in [-0.15, -0.1) is 0 Å². The molecule has 0 saturated carbocycles. The molecule has 0 spiro atoms. The van der Waals surface area contributed by atoms with Crippen LogP contribution < -0.4 is 16.0 Å². The summed E-state index contributed by atoms with van der Waals surface area (Å²) in [6.07, 6.45) is 1.54. The van der Waals surface area contributed by atoms with Gasteiger partial charge in [-0.1, -0.05) is 12.2 Å². The molecule has 1 heterocycles. The summed E-state index contributed by atoms with van der Waals surface area (Å²) in [5, 5.41) is 2.68. The van der Waals surface area contributed by atoms with Gasteiger partial charge in [-0.05, 0) is 31.0 Å². The molecule has 1 aromatic carbocycles. The fourth-order valence-corrected chi connectivity index (χ4v) is 2.73. The number of nitrogens with zero attached hydrogens (tertiary/aromatic N) is 1. The molecule has 1 aromatic rings. The third kappa shape index (κ3) is 3.07. The molecule has 6 heteroatoms. The molecule has 1 fully saturated rings. The number of piperidine rings is 1. The lowest BCUT2D eigenvalue weighted by molar-refractivity contribution is -0.125. The number of rotatable bonds is 3. The zero-order valence-corrected chi connectivity index (χ0v) is 12.2. The highest BCUT2D eigenvalue weighted by molar-refractivity contribution is 7.80. The summed E-state index contributed by atoms with van der Waals surface area (Å²) in [7, 11) is 1.65. The lowest BCUT2D eigenvalue weighted by Gasteiger charge is -2.34. The Morgan fingerprint density at radius 3 is 2.65 bits per heavy atom. The van der Waals surface area contributed by atoms with E-state index in [0.717, 1.165) is 31.6 Å².